The lowest BCUT2D eigenvalue weighted by Crippen LogP contribution is -2.21. The largest absolute Gasteiger partial charge is 0.376 e. The monoisotopic (exact) mass is 187 g/mol. The summed E-state index contributed by atoms with van der Waals surface area (Å²) in [6, 6.07) is 0. The van der Waals surface area contributed by atoms with Crippen molar-refractivity contribution in [3.63, 3.8) is 0 Å². The average Bonchev–Trinajstić information content (AvgIpc) is 1.81. The molecule has 0 N–H and O–H groups in total. The second-order valence-corrected chi connectivity index (χ2v) is 5.15. The summed E-state index contributed by atoms with van der Waals surface area (Å²) < 4.78 is 11.0. The van der Waals surface area contributed by atoms with Crippen molar-refractivity contribution in [3.8, 4) is 0 Å². The molecule has 0 atom stereocenters. The summed E-state index contributed by atoms with van der Waals surface area (Å²) in [4.78, 5) is 0. The van der Waals surface area contributed by atoms with Crippen LogP contribution in [-0.2, 0) is 9.47 Å². The van der Waals surface area contributed by atoms with Crippen LogP contribution in [0.1, 0.15) is 48.0 Å². The molecule has 0 aliphatic heterocycles. The van der Waals surface area contributed by atoms with Crippen molar-refractivity contribution in [1.82, 2.24) is 0 Å². The van der Waals surface area contributed by atoms with Gasteiger partial charge in [0.15, 0.2) is 0 Å². The van der Waals surface area contributed by atoms with E-state index in [1.807, 2.05) is 27.4 Å². The fourth-order valence-corrected chi connectivity index (χ4v) is 0.722. The molecule has 13 heavy (non-hydrogen) atoms. The molecule has 0 rings (SSSR count). The van der Waals surface area contributed by atoms with Crippen LogP contribution in [-0.4, -0.2) is 17.8 Å². The minimum Gasteiger partial charge on any atom is -0.376 e. The highest BCUT2D eigenvalue weighted by Gasteiger charge is 2.11. The Morgan fingerprint density at radius 2 is 1.46 bits per heavy atom. The first-order chi connectivity index (χ1) is 5.71. The first-order valence-corrected chi connectivity index (χ1v) is 4.84. The molecule has 2 heteroatoms. The smallest absolute Gasteiger partial charge is 0.0866 e. The third kappa shape index (κ3) is 11.9. The topological polar surface area (TPSA) is 18.5 Å². The second kappa shape index (κ2) is 4.97. The lowest BCUT2D eigenvalue weighted by Gasteiger charge is -2.21. The number of hydrogen-bond donors (Lipinski definition) is 0. The highest BCUT2D eigenvalue weighted by molar-refractivity contribution is 4.65. The van der Waals surface area contributed by atoms with Gasteiger partial charge in [-0.25, -0.2) is 0 Å². The molecule has 1 radical (unpaired) electrons. The van der Waals surface area contributed by atoms with Gasteiger partial charge in [-0.2, -0.15) is 0 Å². The number of rotatable bonds is 4. The van der Waals surface area contributed by atoms with E-state index in [9.17, 15) is 0 Å². The SMILES string of the molecule is CC(C)(C)O[CH]CCOC(C)(C)C. The Balaban J connectivity index is 3.28. The molecule has 0 aromatic carbocycles. The minimum atomic E-state index is -0.0816. The second-order valence-electron chi connectivity index (χ2n) is 5.15. The van der Waals surface area contributed by atoms with Crippen LogP contribution in [0.5, 0.6) is 0 Å². The summed E-state index contributed by atoms with van der Waals surface area (Å²) >= 11 is 0. The molecule has 0 spiro atoms. The van der Waals surface area contributed by atoms with E-state index in [0.717, 1.165) is 13.0 Å². The summed E-state index contributed by atoms with van der Waals surface area (Å²) in [5.41, 5.74) is -0.128. The molecule has 0 bridgehead atoms. The molecule has 0 amide bonds. The van der Waals surface area contributed by atoms with Gasteiger partial charge in [0.05, 0.1) is 17.8 Å². The van der Waals surface area contributed by atoms with Crippen molar-refractivity contribution in [1.29, 1.82) is 0 Å². The van der Waals surface area contributed by atoms with Crippen LogP contribution in [0, 0.1) is 6.61 Å². The molecular formula is C11H23O2. The van der Waals surface area contributed by atoms with Crippen LogP contribution in [0.4, 0.5) is 0 Å². The highest BCUT2D eigenvalue weighted by Crippen LogP contribution is 2.11. The van der Waals surface area contributed by atoms with E-state index in [0.29, 0.717) is 0 Å². The maximum absolute atomic E-state index is 5.53. The van der Waals surface area contributed by atoms with Gasteiger partial charge in [0, 0.05) is 6.61 Å². The van der Waals surface area contributed by atoms with Crippen molar-refractivity contribution >= 4 is 0 Å². The van der Waals surface area contributed by atoms with E-state index in [2.05, 4.69) is 20.8 Å². The third-order valence-corrected chi connectivity index (χ3v) is 1.21. The molecule has 0 saturated heterocycles. The molecule has 0 aromatic rings. The van der Waals surface area contributed by atoms with Gasteiger partial charge in [-0.15, -0.1) is 0 Å². The average molecular weight is 187 g/mol. The summed E-state index contributed by atoms with van der Waals surface area (Å²) in [6.07, 6.45) is 0.842. The highest BCUT2D eigenvalue weighted by atomic mass is 16.5. The molecule has 0 fully saturated rings. The fourth-order valence-electron chi connectivity index (χ4n) is 0.722. The Bertz CT molecular complexity index is 112. The van der Waals surface area contributed by atoms with E-state index < -0.39 is 0 Å². The molecular weight excluding hydrogens is 164 g/mol. The predicted molar refractivity (Wildman–Crippen MR) is 55.5 cm³/mol. The zero-order valence-corrected chi connectivity index (χ0v) is 9.81. The third-order valence-electron chi connectivity index (χ3n) is 1.21. The maximum atomic E-state index is 5.53. The molecule has 0 aliphatic rings. The first-order valence-electron chi connectivity index (χ1n) is 4.84. The van der Waals surface area contributed by atoms with Crippen LogP contribution >= 0.6 is 0 Å². The lowest BCUT2D eigenvalue weighted by atomic mass is 10.2. The van der Waals surface area contributed by atoms with Gasteiger partial charge in [-0.05, 0) is 48.0 Å². The fraction of sp³-hybridized carbons (Fsp3) is 0.909. The zero-order chi connectivity index (χ0) is 10.5. The van der Waals surface area contributed by atoms with Gasteiger partial charge < -0.3 is 9.47 Å². The van der Waals surface area contributed by atoms with Gasteiger partial charge in [0.25, 0.3) is 0 Å². The molecule has 0 unspecified atom stereocenters. The summed E-state index contributed by atoms with van der Waals surface area (Å²) in [6.45, 7) is 14.8. The standard InChI is InChI=1S/C11H23O2/c1-10(2,3)12-8-7-9-13-11(4,5)6/h8H,7,9H2,1-6H3. The molecule has 0 aromatic heterocycles. The maximum Gasteiger partial charge on any atom is 0.0866 e. The van der Waals surface area contributed by atoms with Gasteiger partial charge in [-0.3, -0.25) is 0 Å². The molecule has 0 heterocycles. The Kier molecular flexibility index (Phi) is 4.93. The van der Waals surface area contributed by atoms with Gasteiger partial charge in [0.2, 0.25) is 0 Å². The van der Waals surface area contributed by atoms with E-state index in [4.69, 9.17) is 9.47 Å². The molecule has 79 valence electrons. The van der Waals surface area contributed by atoms with Crippen molar-refractivity contribution in [2.24, 2.45) is 0 Å². The Morgan fingerprint density at radius 3 is 1.85 bits per heavy atom. The Hall–Kier alpha value is -0.0800. The van der Waals surface area contributed by atoms with Gasteiger partial charge >= 0.3 is 0 Å². The van der Waals surface area contributed by atoms with Crippen LogP contribution in [0.3, 0.4) is 0 Å². The van der Waals surface area contributed by atoms with Crippen LogP contribution in [0.25, 0.3) is 0 Å². The van der Waals surface area contributed by atoms with Crippen LogP contribution < -0.4 is 0 Å². The minimum absolute atomic E-state index is 0.0461. The molecule has 2 nitrogen and oxygen atoms in total. The Morgan fingerprint density at radius 1 is 0.923 bits per heavy atom. The van der Waals surface area contributed by atoms with Crippen molar-refractivity contribution in [2.45, 2.75) is 59.2 Å². The van der Waals surface area contributed by atoms with Gasteiger partial charge in [0.1, 0.15) is 0 Å². The quantitative estimate of drug-likeness (QED) is 0.629. The van der Waals surface area contributed by atoms with E-state index in [1.165, 1.54) is 0 Å². The van der Waals surface area contributed by atoms with E-state index in [1.54, 1.807) is 0 Å². The van der Waals surface area contributed by atoms with Gasteiger partial charge in [-0.1, -0.05) is 0 Å². The normalized spacial score (nSPS) is 13.4. The summed E-state index contributed by atoms with van der Waals surface area (Å²) in [7, 11) is 0. The first kappa shape index (κ1) is 12.9. The van der Waals surface area contributed by atoms with Crippen molar-refractivity contribution in [3.05, 3.63) is 6.61 Å². The number of hydrogen-bond acceptors (Lipinski definition) is 2. The molecule has 0 saturated carbocycles. The summed E-state index contributed by atoms with van der Waals surface area (Å²) in [5, 5.41) is 0. The van der Waals surface area contributed by atoms with Crippen LogP contribution in [0.15, 0.2) is 0 Å². The van der Waals surface area contributed by atoms with E-state index >= 15 is 0 Å². The molecule has 0 aliphatic carbocycles. The van der Waals surface area contributed by atoms with Crippen LogP contribution in [0.2, 0.25) is 0 Å². The van der Waals surface area contributed by atoms with Crippen molar-refractivity contribution in [2.75, 3.05) is 6.61 Å². The summed E-state index contributed by atoms with van der Waals surface area (Å²) in [5.74, 6) is 0. The lowest BCUT2D eigenvalue weighted by molar-refractivity contribution is -0.0180. The van der Waals surface area contributed by atoms with Crippen molar-refractivity contribution < 1.29 is 9.47 Å². The van der Waals surface area contributed by atoms with E-state index in [-0.39, 0.29) is 11.2 Å². The number of ether oxygens (including phenoxy) is 2. The zero-order valence-electron chi connectivity index (χ0n) is 9.81. The Labute approximate surface area is 82.6 Å². The predicted octanol–water partition coefficient (Wildman–Crippen LogP) is 3.17.